The second-order valence-corrected chi connectivity index (χ2v) is 9.00. The van der Waals surface area contributed by atoms with Gasteiger partial charge in [0.1, 0.15) is 5.75 Å². The van der Waals surface area contributed by atoms with Crippen molar-refractivity contribution in [3.63, 3.8) is 0 Å². The molecule has 0 saturated heterocycles. The van der Waals surface area contributed by atoms with Crippen LogP contribution in [-0.4, -0.2) is 0 Å². The van der Waals surface area contributed by atoms with Gasteiger partial charge in [0.05, 0.1) is 9.47 Å². The molecule has 0 bridgehead atoms. The van der Waals surface area contributed by atoms with Crippen LogP contribution in [0, 0.1) is 0 Å². The van der Waals surface area contributed by atoms with Gasteiger partial charge in [-0.1, -0.05) is 74.4 Å². The lowest BCUT2D eigenvalue weighted by atomic mass is 9.75. The van der Waals surface area contributed by atoms with E-state index in [2.05, 4.69) is 83.9 Å². The van der Waals surface area contributed by atoms with Crippen LogP contribution >= 0.6 is 9.47 Å². The van der Waals surface area contributed by atoms with Crippen LogP contribution in [0.5, 0.6) is 5.75 Å². The van der Waals surface area contributed by atoms with Gasteiger partial charge in [-0.15, -0.1) is 0 Å². The average molecular weight is 294 g/mol. The molecule has 0 spiro atoms. The highest BCUT2D eigenvalue weighted by atomic mass is 31.0. The quantitative estimate of drug-likeness (QED) is 0.599. The predicted molar refractivity (Wildman–Crippen MR) is 92.9 cm³/mol. The first-order valence-electron chi connectivity index (χ1n) is 7.34. The van der Waals surface area contributed by atoms with Gasteiger partial charge < -0.3 is 4.52 Å². The van der Waals surface area contributed by atoms with E-state index in [0.29, 0.717) is 0 Å². The first-order chi connectivity index (χ1) is 8.78. The van der Waals surface area contributed by atoms with Gasteiger partial charge in [0.15, 0.2) is 0 Å². The summed E-state index contributed by atoms with van der Waals surface area (Å²) in [6.45, 7) is 20.3. The van der Waals surface area contributed by atoms with Crippen molar-refractivity contribution >= 4 is 9.47 Å². The van der Waals surface area contributed by atoms with Crippen LogP contribution in [0.15, 0.2) is 12.1 Å². The minimum atomic E-state index is 0.0627. The van der Waals surface area contributed by atoms with Crippen LogP contribution < -0.4 is 4.52 Å². The largest absolute Gasteiger partial charge is 0.480 e. The third-order valence-electron chi connectivity index (χ3n) is 3.69. The molecular formula is C18H31OP. The smallest absolute Gasteiger partial charge is 0.129 e. The van der Waals surface area contributed by atoms with E-state index in [1.807, 2.05) is 0 Å². The van der Waals surface area contributed by atoms with Crippen LogP contribution in [0.3, 0.4) is 0 Å². The van der Waals surface area contributed by atoms with Crippen molar-refractivity contribution in [2.24, 2.45) is 0 Å². The van der Waals surface area contributed by atoms with Gasteiger partial charge in [-0.25, -0.2) is 0 Å². The monoisotopic (exact) mass is 294 g/mol. The summed E-state index contributed by atoms with van der Waals surface area (Å²) in [7, 11) is 2.42. The molecule has 114 valence electrons. The van der Waals surface area contributed by atoms with Crippen molar-refractivity contribution in [2.75, 3.05) is 0 Å². The molecule has 1 aromatic carbocycles. The Hall–Kier alpha value is -0.550. The fourth-order valence-electron chi connectivity index (χ4n) is 2.30. The molecule has 2 heteroatoms. The van der Waals surface area contributed by atoms with Crippen LogP contribution in [0.25, 0.3) is 0 Å². The molecule has 0 fully saturated rings. The first kappa shape index (κ1) is 17.5. The van der Waals surface area contributed by atoms with E-state index in [1.165, 1.54) is 16.7 Å². The Balaban J connectivity index is 3.75. The molecule has 1 atom stereocenters. The Morgan fingerprint density at radius 3 is 1.25 bits per heavy atom. The zero-order chi connectivity index (χ0) is 15.9. The SMILES string of the molecule is CC(C)(C)c1cc(C(C)(C)C)c(OP)c(C(C)(C)C)c1. The zero-order valence-electron chi connectivity index (χ0n) is 14.6. The van der Waals surface area contributed by atoms with Gasteiger partial charge in [-0.05, 0) is 21.8 Å². The Morgan fingerprint density at radius 2 is 1.05 bits per heavy atom. The number of benzene rings is 1. The Kier molecular flexibility index (Phi) is 4.67. The first-order valence-corrected chi connectivity index (χ1v) is 7.82. The summed E-state index contributed by atoms with van der Waals surface area (Å²) in [5, 5.41) is 0. The number of hydrogen-bond donors (Lipinski definition) is 0. The van der Waals surface area contributed by atoms with E-state index in [9.17, 15) is 0 Å². The molecule has 1 unspecified atom stereocenters. The van der Waals surface area contributed by atoms with Crippen LogP contribution in [-0.2, 0) is 16.2 Å². The van der Waals surface area contributed by atoms with Gasteiger partial charge >= 0.3 is 0 Å². The van der Waals surface area contributed by atoms with Crippen molar-refractivity contribution in [3.8, 4) is 5.75 Å². The van der Waals surface area contributed by atoms with Crippen molar-refractivity contribution < 1.29 is 4.52 Å². The van der Waals surface area contributed by atoms with Crippen molar-refractivity contribution in [3.05, 3.63) is 28.8 Å². The molecule has 1 rings (SSSR count). The van der Waals surface area contributed by atoms with E-state index < -0.39 is 0 Å². The summed E-state index contributed by atoms with van der Waals surface area (Å²) in [6.07, 6.45) is 0. The summed E-state index contributed by atoms with van der Waals surface area (Å²) in [5.41, 5.74) is 4.20. The fraction of sp³-hybridized carbons (Fsp3) is 0.667. The number of rotatable bonds is 1. The summed E-state index contributed by atoms with van der Waals surface area (Å²) < 4.78 is 5.71. The molecule has 0 heterocycles. The molecule has 20 heavy (non-hydrogen) atoms. The highest BCUT2D eigenvalue weighted by molar-refractivity contribution is 7.10. The molecule has 0 N–H and O–H groups in total. The van der Waals surface area contributed by atoms with Crippen LogP contribution in [0.1, 0.15) is 79.0 Å². The van der Waals surface area contributed by atoms with Crippen LogP contribution in [0.2, 0.25) is 0 Å². The normalized spacial score (nSPS) is 13.5. The standard InChI is InChI=1S/C18H31OP/c1-16(2,3)12-10-13(17(4,5)6)15(19-20)14(11-12)18(7,8)9/h10-11H,20H2,1-9H3. The second-order valence-electron chi connectivity index (χ2n) is 8.77. The lowest BCUT2D eigenvalue weighted by Gasteiger charge is -2.32. The topological polar surface area (TPSA) is 9.23 Å². The van der Waals surface area contributed by atoms with E-state index in [4.69, 9.17) is 4.52 Å². The Bertz CT molecular complexity index is 447. The van der Waals surface area contributed by atoms with Gasteiger partial charge in [0.25, 0.3) is 0 Å². The Morgan fingerprint density at radius 1 is 0.700 bits per heavy atom. The third-order valence-corrected chi connectivity index (χ3v) is 3.92. The molecule has 0 radical (unpaired) electrons. The van der Waals surface area contributed by atoms with Gasteiger partial charge in [0, 0.05) is 11.1 Å². The van der Waals surface area contributed by atoms with E-state index in [-0.39, 0.29) is 16.2 Å². The molecule has 0 saturated carbocycles. The molecule has 1 aromatic rings. The third kappa shape index (κ3) is 3.76. The molecule has 0 amide bonds. The molecule has 1 nitrogen and oxygen atoms in total. The van der Waals surface area contributed by atoms with E-state index in [1.54, 1.807) is 0 Å². The van der Waals surface area contributed by atoms with E-state index in [0.717, 1.165) is 5.75 Å². The maximum absolute atomic E-state index is 5.71. The Labute approximate surface area is 127 Å². The summed E-state index contributed by atoms with van der Waals surface area (Å²) >= 11 is 0. The second kappa shape index (κ2) is 5.34. The molecule has 0 aliphatic carbocycles. The van der Waals surface area contributed by atoms with Crippen molar-refractivity contribution in [1.29, 1.82) is 0 Å². The highest BCUT2D eigenvalue weighted by Crippen LogP contribution is 2.43. The lowest BCUT2D eigenvalue weighted by Crippen LogP contribution is -2.22. The lowest BCUT2D eigenvalue weighted by molar-refractivity contribution is 0.501. The minimum Gasteiger partial charge on any atom is -0.480 e. The van der Waals surface area contributed by atoms with Gasteiger partial charge in [-0.2, -0.15) is 0 Å². The molecule has 0 aromatic heterocycles. The van der Waals surface area contributed by atoms with Gasteiger partial charge in [0.2, 0.25) is 0 Å². The zero-order valence-corrected chi connectivity index (χ0v) is 15.8. The van der Waals surface area contributed by atoms with Crippen molar-refractivity contribution in [1.82, 2.24) is 0 Å². The molecule has 0 aliphatic rings. The summed E-state index contributed by atoms with van der Waals surface area (Å²) in [4.78, 5) is 0. The minimum absolute atomic E-state index is 0.0627. The summed E-state index contributed by atoms with van der Waals surface area (Å²) in [6, 6.07) is 4.63. The fourth-order valence-corrected chi connectivity index (χ4v) is 2.56. The maximum atomic E-state index is 5.71. The summed E-state index contributed by atoms with van der Waals surface area (Å²) in [5.74, 6) is 1.02. The number of hydrogen-bond acceptors (Lipinski definition) is 1. The average Bonchev–Trinajstić information content (AvgIpc) is 2.23. The molecule has 0 aliphatic heterocycles. The van der Waals surface area contributed by atoms with Gasteiger partial charge in [-0.3, -0.25) is 0 Å². The predicted octanol–water partition coefficient (Wildman–Crippen LogP) is 5.75. The highest BCUT2D eigenvalue weighted by Gasteiger charge is 2.29. The van der Waals surface area contributed by atoms with Crippen LogP contribution in [0.4, 0.5) is 0 Å². The maximum Gasteiger partial charge on any atom is 0.129 e. The molecular weight excluding hydrogens is 263 g/mol. The van der Waals surface area contributed by atoms with Crippen molar-refractivity contribution in [2.45, 2.75) is 78.6 Å². The van der Waals surface area contributed by atoms with E-state index >= 15 is 0 Å².